The van der Waals surface area contributed by atoms with E-state index in [-0.39, 0.29) is 17.0 Å². The van der Waals surface area contributed by atoms with Crippen LogP contribution in [0, 0.1) is 0 Å². The number of nitrogens with zero attached hydrogens (tertiary/aromatic N) is 4. The molecule has 0 fully saturated rings. The number of aromatic nitrogens is 4. The number of anilines is 1. The van der Waals surface area contributed by atoms with Crippen molar-refractivity contribution in [3.05, 3.63) is 86.5 Å². The number of rotatable bonds is 6. The molecule has 33 heavy (non-hydrogen) atoms. The van der Waals surface area contributed by atoms with Gasteiger partial charge in [-0.15, -0.1) is 0 Å². The average molecular weight is 483 g/mol. The first-order valence-electron chi connectivity index (χ1n) is 9.42. The second-order valence-electron chi connectivity index (χ2n) is 6.71. The number of hydrogen-bond acceptors (Lipinski definition) is 7. The number of hydrogen-bond donors (Lipinski definition) is 4. The van der Waals surface area contributed by atoms with Crippen LogP contribution in [0.2, 0.25) is 10.0 Å². The molecule has 0 aliphatic heterocycles. The van der Waals surface area contributed by atoms with Gasteiger partial charge in [-0.05, 0) is 30.3 Å². The van der Waals surface area contributed by atoms with Gasteiger partial charge in [-0.2, -0.15) is 5.10 Å². The van der Waals surface area contributed by atoms with Gasteiger partial charge < -0.3 is 16.8 Å². The van der Waals surface area contributed by atoms with Gasteiger partial charge >= 0.3 is 0 Å². The van der Waals surface area contributed by atoms with E-state index in [1.54, 1.807) is 42.5 Å². The first-order chi connectivity index (χ1) is 15.8. The molecule has 0 radical (unpaired) electrons. The van der Waals surface area contributed by atoms with Crippen LogP contribution in [-0.4, -0.2) is 31.7 Å². The number of halogens is 2. The van der Waals surface area contributed by atoms with E-state index in [1.165, 1.54) is 22.9 Å². The summed E-state index contributed by atoms with van der Waals surface area (Å²) in [6.07, 6.45) is 2.77. The van der Waals surface area contributed by atoms with Crippen LogP contribution < -0.4 is 22.3 Å². The monoisotopic (exact) mass is 482 g/mol. The van der Waals surface area contributed by atoms with Gasteiger partial charge in [0, 0.05) is 6.07 Å². The molecular formula is C21H16Cl2N8O2. The zero-order chi connectivity index (χ0) is 23.5. The molecule has 0 aliphatic carbocycles. The Morgan fingerprint density at radius 3 is 2.48 bits per heavy atom. The third-order valence-corrected chi connectivity index (χ3v) is 5.14. The number of nitrogens with one attached hydrogen (secondary N) is 2. The van der Waals surface area contributed by atoms with Crippen molar-refractivity contribution in [2.45, 2.75) is 0 Å². The van der Waals surface area contributed by atoms with Gasteiger partial charge in [-0.1, -0.05) is 35.3 Å². The Balaban J connectivity index is 1.65. The van der Waals surface area contributed by atoms with E-state index in [0.717, 1.165) is 0 Å². The topological polar surface area (TPSA) is 157 Å². The molecule has 0 bridgehead atoms. The lowest BCUT2D eigenvalue weighted by Gasteiger charge is -2.10. The van der Waals surface area contributed by atoms with E-state index < -0.39 is 5.91 Å². The number of fused-ring (bicyclic) bond motifs is 1. The van der Waals surface area contributed by atoms with E-state index in [1.807, 2.05) is 0 Å². The average Bonchev–Trinajstić information content (AvgIpc) is 3.23. The van der Waals surface area contributed by atoms with Gasteiger partial charge in [0.2, 0.25) is 0 Å². The van der Waals surface area contributed by atoms with Gasteiger partial charge in [0.25, 0.3) is 11.5 Å². The second-order valence-corrected chi connectivity index (χ2v) is 7.52. The van der Waals surface area contributed by atoms with E-state index >= 15 is 0 Å². The zero-order valence-corrected chi connectivity index (χ0v) is 18.3. The molecule has 1 aromatic carbocycles. The molecule has 166 valence electrons. The molecule has 10 nitrogen and oxygen atoms in total. The summed E-state index contributed by atoms with van der Waals surface area (Å²) in [5, 5.41) is 10.5. The van der Waals surface area contributed by atoms with Crippen LogP contribution in [0.1, 0.15) is 0 Å². The van der Waals surface area contributed by atoms with Gasteiger partial charge in [-0.25, -0.2) is 4.40 Å². The van der Waals surface area contributed by atoms with Gasteiger partial charge in [0.1, 0.15) is 22.7 Å². The normalized spacial score (nSPS) is 12.2. The van der Waals surface area contributed by atoms with Crippen molar-refractivity contribution in [2.24, 2.45) is 16.5 Å². The Bertz CT molecular complexity index is 1450. The van der Waals surface area contributed by atoms with E-state index in [2.05, 4.69) is 25.5 Å². The maximum absolute atomic E-state index is 12.2. The fourth-order valence-electron chi connectivity index (χ4n) is 2.93. The maximum atomic E-state index is 12.2. The minimum absolute atomic E-state index is 0.120. The summed E-state index contributed by atoms with van der Waals surface area (Å²) in [6.45, 7) is 0. The lowest BCUT2D eigenvalue weighted by molar-refractivity contribution is -0.114. The molecule has 0 saturated heterocycles. The highest BCUT2D eigenvalue weighted by molar-refractivity contribution is 6.38. The summed E-state index contributed by atoms with van der Waals surface area (Å²) in [5.41, 5.74) is 12.6. The van der Waals surface area contributed by atoms with Crippen LogP contribution in [0.3, 0.4) is 0 Å². The fraction of sp³-hybridized carbons (Fsp3) is 0. The number of allylic oxidation sites excluding steroid dienone is 1. The minimum Gasteiger partial charge on any atom is -0.393 e. The minimum atomic E-state index is -0.846. The number of amides is 1. The summed E-state index contributed by atoms with van der Waals surface area (Å²) < 4.78 is 1.41. The number of H-pyrrole nitrogens is 1. The Hall–Kier alpha value is -4.15. The van der Waals surface area contributed by atoms with Crippen LogP contribution in [0.5, 0.6) is 0 Å². The lowest BCUT2D eigenvalue weighted by Crippen LogP contribution is -2.25. The van der Waals surface area contributed by atoms with Crippen LogP contribution in [-0.2, 0) is 4.79 Å². The third kappa shape index (κ3) is 4.56. The molecule has 0 unspecified atom stereocenters. The van der Waals surface area contributed by atoms with Crippen molar-refractivity contribution < 1.29 is 4.79 Å². The van der Waals surface area contributed by atoms with E-state index in [9.17, 15) is 9.59 Å². The number of para-hydroxylation sites is 1. The third-order valence-electron chi connectivity index (χ3n) is 4.53. The molecular weight excluding hydrogens is 467 g/mol. The predicted molar refractivity (Wildman–Crippen MR) is 128 cm³/mol. The van der Waals surface area contributed by atoms with Crippen molar-refractivity contribution in [1.82, 2.24) is 19.6 Å². The van der Waals surface area contributed by atoms with Crippen molar-refractivity contribution in [3.8, 4) is 11.5 Å². The van der Waals surface area contributed by atoms with Crippen molar-refractivity contribution in [3.63, 3.8) is 0 Å². The highest BCUT2D eigenvalue weighted by Gasteiger charge is 2.12. The SMILES string of the molecule is NC(=O)C(N)=C(C=Nc1c(Cl)cccc1Cl)Nc1ccc(-c2n[nH]c3cccc(=O)n23)nc1. The first-order valence-corrected chi connectivity index (χ1v) is 10.2. The summed E-state index contributed by atoms with van der Waals surface area (Å²) >= 11 is 12.3. The van der Waals surface area contributed by atoms with E-state index in [4.69, 9.17) is 34.7 Å². The smallest absolute Gasteiger partial charge is 0.266 e. The van der Waals surface area contributed by atoms with Crippen LogP contribution in [0.25, 0.3) is 17.2 Å². The van der Waals surface area contributed by atoms with E-state index in [0.29, 0.717) is 38.6 Å². The quantitative estimate of drug-likeness (QED) is 0.244. The maximum Gasteiger partial charge on any atom is 0.266 e. The number of primary amides is 1. The molecule has 4 rings (SSSR count). The molecule has 12 heteroatoms. The van der Waals surface area contributed by atoms with Gasteiger partial charge in [-0.3, -0.25) is 24.7 Å². The Labute approximate surface area is 196 Å². The molecule has 1 amide bonds. The summed E-state index contributed by atoms with van der Waals surface area (Å²) in [6, 6.07) is 13.0. The number of nitrogens with two attached hydrogens (primary N) is 2. The molecule has 3 heterocycles. The van der Waals surface area contributed by atoms with Gasteiger partial charge in [0.05, 0.1) is 33.8 Å². The van der Waals surface area contributed by atoms with Crippen LogP contribution in [0.4, 0.5) is 11.4 Å². The zero-order valence-electron chi connectivity index (χ0n) is 16.8. The Kier molecular flexibility index (Phi) is 6.11. The summed E-state index contributed by atoms with van der Waals surface area (Å²) in [5.74, 6) is -0.495. The molecule has 0 saturated carbocycles. The fourth-order valence-corrected chi connectivity index (χ4v) is 3.42. The summed E-state index contributed by atoms with van der Waals surface area (Å²) in [7, 11) is 0. The standard InChI is InChI=1S/C21H16Cl2N8O2/c22-12-3-1-4-13(23)19(12)27-10-15(18(24)20(25)33)28-11-7-8-14(26-9-11)21-30-29-16-5-2-6-17(32)31(16)21/h1-10,28-29H,24H2,(H2,25,33). The van der Waals surface area contributed by atoms with Gasteiger partial charge in [0.15, 0.2) is 5.82 Å². The highest BCUT2D eigenvalue weighted by Crippen LogP contribution is 2.32. The largest absolute Gasteiger partial charge is 0.393 e. The molecule has 6 N–H and O–H groups in total. The molecule has 4 aromatic rings. The molecule has 0 atom stereocenters. The molecule has 0 aliphatic rings. The summed E-state index contributed by atoms with van der Waals surface area (Å²) in [4.78, 5) is 32.4. The van der Waals surface area contributed by atoms with Crippen LogP contribution >= 0.6 is 23.2 Å². The number of carbonyl (C=O) groups is 1. The van der Waals surface area contributed by atoms with Crippen molar-refractivity contribution >= 4 is 52.3 Å². The Morgan fingerprint density at radius 1 is 1.09 bits per heavy atom. The number of pyridine rings is 2. The molecule has 3 aromatic heterocycles. The number of carbonyl (C=O) groups excluding carboxylic acids is 1. The van der Waals surface area contributed by atoms with Crippen LogP contribution in [0.15, 0.2) is 75.9 Å². The van der Waals surface area contributed by atoms with Crippen molar-refractivity contribution in [2.75, 3.05) is 5.32 Å². The lowest BCUT2D eigenvalue weighted by atomic mass is 10.2. The Morgan fingerprint density at radius 2 is 1.82 bits per heavy atom. The molecule has 0 spiro atoms. The predicted octanol–water partition coefficient (Wildman–Crippen LogP) is 2.86. The highest BCUT2D eigenvalue weighted by atomic mass is 35.5. The van der Waals surface area contributed by atoms with Crippen molar-refractivity contribution in [1.29, 1.82) is 0 Å². The number of aliphatic imine (C=N–C) groups is 1. The second kappa shape index (κ2) is 9.15. The first kappa shape index (κ1) is 22.1. The number of benzene rings is 1. The number of aromatic amines is 1.